The highest BCUT2D eigenvalue weighted by molar-refractivity contribution is 5.98. The van der Waals surface area contributed by atoms with Gasteiger partial charge in [-0.1, -0.05) is 6.07 Å². The Morgan fingerprint density at radius 1 is 1.50 bits per heavy atom. The van der Waals surface area contributed by atoms with Gasteiger partial charge in [-0.2, -0.15) is 0 Å². The Kier molecular flexibility index (Phi) is 4.24. The Balaban J connectivity index is 2.14. The zero-order chi connectivity index (χ0) is 14.5. The van der Waals surface area contributed by atoms with Crippen LogP contribution in [-0.4, -0.2) is 22.1 Å². The van der Waals surface area contributed by atoms with Crippen molar-refractivity contribution >= 4 is 17.3 Å². The monoisotopic (exact) mass is 274 g/mol. The van der Waals surface area contributed by atoms with Crippen LogP contribution in [0.1, 0.15) is 23.1 Å². The number of hydrogen-bond acceptors (Lipinski definition) is 5. The lowest BCUT2D eigenvalue weighted by atomic mass is 10.1. The summed E-state index contributed by atoms with van der Waals surface area (Å²) >= 11 is 0. The van der Waals surface area contributed by atoms with Gasteiger partial charge in [-0.15, -0.1) is 0 Å². The molecule has 0 saturated carbocycles. The molecule has 6 nitrogen and oxygen atoms in total. The quantitative estimate of drug-likeness (QED) is 0.641. The molecule has 0 fully saturated rings. The first-order chi connectivity index (χ1) is 9.63. The molecule has 0 bridgehead atoms. The standard InChI is InChI=1S/C14H18N4O2/c1-3-20-14(19)10-5-4-6-11(13(10)15)17-9-12-16-7-8-18(12)2/h4-8,17H,3,9,15H2,1-2H3. The number of nitrogen functional groups attached to an aromatic ring is 1. The maximum absolute atomic E-state index is 11.8. The van der Waals surface area contributed by atoms with E-state index in [0.29, 0.717) is 30.1 Å². The summed E-state index contributed by atoms with van der Waals surface area (Å²) in [7, 11) is 1.92. The number of nitrogens with zero attached hydrogens (tertiary/aromatic N) is 2. The smallest absolute Gasteiger partial charge is 0.340 e. The molecular weight excluding hydrogens is 256 g/mol. The number of hydrogen-bond donors (Lipinski definition) is 2. The molecule has 1 aromatic carbocycles. The number of ether oxygens (including phenoxy) is 1. The van der Waals surface area contributed by atoms with Crippen molar-refractivity contribution in [1.29, 1.82) is 0 Å². The second kappa shape index (κ2) is 6.10. The molecule has 0 aliphatic rings. The van der Waals surface area contributed by atoms with Crippen molar-refractivity contribution in [1.82, 2.24) is 9.55 Å². The van der Waals surface area contributed by atoms with Crippen molar-refractivity contribution in [2.24, 2.45) is 7.05 Å². The first-order valence-corrected chi connectivity index (χ1v) is 6.39. The summed E-state index contributed by atoms with van der Waals surface area (Å²) in [5.41, 5.74) is 7.46. The van der Waals surface area contributed by atoms with E-state index in [1.165, 1.54) is 0 Å². The predicted molar refractivity (Wildman–Crippen MR) is 77.3 cm³/mol. The number of benzene rings is 1. The van der Waals surface area contributed by atoms with E-state index in [-0.39, 0.29) is 0 Å². The molecule has 0 unspecified atom stereocenters. The van der Waals surface area contributed by atoms with E-state index in [0.717, 1.165) is 5.82 Å². The summed E-state index contributed by atoms with van der Waals surface area (Å²) in [5, 5.41) is 3.18. The number of nitrogens with one attached hydrogen (secondary N) is 1. The van der Waals surface area contributed by atoms with Gasteiger partial charge in [0.25, 0.3) is 0 Å². The third-order valence-electron chi connectivity index (χ3n) is 2.96. The number of carbonyl (C=O) groups is 1. The van der Waals surface area contributed by atoms with Crippen LogP contribution in [0.15, 0.2) is 30.6 Å². The summed E-state index contributed by atoms with van der Waals surface area (Å²) in [6, 6.07) is 5.24. The largest absolute Gasteiger partial charge is 0.462 e. The summed E-state index contributed by atoms with van der Waals surface area (Å²) in [4.78, 5) is 16.0. The second-order valence-electron chi connectivity index (χ2n) is 4.30. The molecule has 2 rings (SSSR count). The third-order valence-corrected chi connectivity index (χ3v) is 2.96. The van der Waals surface area contributed by atoms with Crippen LogP contribution in [0, 0.1) is 0 Å². The van der Waals surface area contributed by atoms with Gasteiger partial charge in [-0.05, 0) is 19.1 Å². The highest BCUT2D eigenvalue weighted by atomic mass is 16.5. The van der Waals surface area contributed by atoms with Crippen LogP contribution in [0.25, 0.3) is 0 Å². The molecule has 0 radical (unpaired) electrons. The molecule has 3 N–H and O–H groups in total. The lowest BCUT2D eigenvalue weighted by Crippen LogP contribution is -2.11. The number of rotatable bonds is 5. The first-order valence-electron chi connectivity index (χ1n) is 6.39. The normalized spacial score (nSPS) is 10.3. The average molecular weight is 274 g/mol. The highest BCUT2D eigenvalue weighted by Gasteiger charge is 2.13. The Hall–Kier alpha value is -2.50. The lowest BCUT2D eigenvalue weighted by Gasteiger charge is -2.12. The van der Waals surface area contributed by atoms with E-state index >= 15 is 0 Å². The summed E-state index contributed by atoms with van der Waals surface area (Å²) in [5.74, 6) is 0.469. The molecule has 0 aliphatic heterocycles. The van der Waals surface area contributed by atoms with Crippen LogP contribution < -0.4 is 11.1 Å². The maximum atomic E-state index is 11.8. The molecule has 0 atom stereocenters. The van der Waals surface area contributed by atoms with Crippen LogP contribution in [-0.2, 0) is 18.3 Å². The number of aromatic nitrogens is 2. The number of nitrogens with two attached hydrogens (primary N) is 1. The molecule has 20 heavy (non-hydrogen) atoms. The minimum absolute atomic E-state index is 0.323. The Morgan fingerprint density at radius 3 is 2.95 bits per heavy atom. The van der Waals surface area contributed by atoms with Gasteiger partial charge in [0.1, 0.15) is 5.82 Å². The van der Waals surface area contributed by atoms with E-state index in [9.17, 15) is 4.79 Å². The molecule has 1 aromatic heterocycles. The van der Waals surface area contributed by atoms with Crippen LogP contribution in [0.4, 0.5) is 11.4 Å². The van der Waals surface area contributed by atoms with Crippen LogP contribution in [0.2, 0.25) is 0 Å². The number of anilines is 2. The summed E-state index contributed by atoms with van der Waals surface area (Å²) in [6.07, 6.45) is 3.60. The fraction of sp³-hybridized carbons (Fsp3) is 0.286. The fourth-order valence-corrected chi connectivity index (χ4v) is 1.85. The molecular formula is C14H18N4O2. The lowest BCUT2D eigenvalue weighted by molar-refractivity contribution is 0.0527. The minimum atomic E-state index is -0.411. The van der Waals surface area contributed by atoms with Gasteiger partial charge < -0.3 is 20.4 Å². The number of carbonyl (C=O) groups excluding carboxylic acids is 1. The van der Waals surface area contributed by atoms with Gasteiger partial charge in [-0.25, -0.2) is 9.78 Å². The van der Waals surface area contributed by atoms with Crippen molar-refractivity contribution in [3.63, 3.8) is 0 Å². The van der Waals surface area contributed by atoms with Crippen LogP contribution in [0.5, 0.6) is 0 Å². The number of esters is 1. The molecule has 0 aliphatic carbocycles. The number of aryl methyl sites for hydroxylation is 1. The van der Waals surface area contributed by atoms with E-state index in [4.69, 9.17) is 10.5 Å². The zero-order valence-corrected chi connectivity index (χ0v) is 11.6. The fourth-order valence-electron chi connectivity index (χ4n) is 1.85. The summed E-state index contributed by atoms with van der Waals surface area (Å²) < 4.78 is 6.89. The van der Waals surface area contributed by atoms with Crippen molar-refractivity contribution in [2.45, 2.75) is 13.5 Å². The van der Waals surface area contributed by atoms with E-state index in [1.54, 1.807) is 25.3 Å². The molecule has 2 aromatic rings. The van der Waals surface area contributed by atoms with Crippen molar-refractivity contribution in [3.8, 4) is 0 Å². The maximum Gasteiger partial charge on any atom is 0.340 e. The van der Waals surface area contributed by atoms with Gasteiger partial charge in [0, 0.05) is 19.4 Å². The van der Waals surface area contributed by atoms with Gasteiger partial charge in [0.05, 0.1) is 30.1 Å². The van der Waals surface area contributed by atoms with E-state index in [1.807, 2.05) is 23.9 Å². The van der Waals surface area contributed by atoms with Crippen molar-refractivity contribution < 1.29 is 9.53 Å². The molecule has 0 amide bonds. The minimum Gasteiger partial charge on any atom is -0.462 e. The number of imidazole rings is 1. The summed E-state index contributed by atoms with van der Waals surface area (Å²) in [6.45, 7) is 2.61. The van der Waals surface area contributed by atoms with Crippen molar-refractivity contribution in [2.75, 3.05) is 17.7 Å². The average Bonchev–Trinajstić information content (AvgIpc) is 2.83. The molecule has 6 heteroatoms. The van der Waals surface area contributed by atoms with Gasteiger partial charge in [0.2, 0.25) is 0 Å². The van der Waals surface area contributed by atoms with Crippen LogP contribution >= 0.6 is 0 Å². The highest BCUT2D eigenvalue weighted by Crippen LogP contribution is 2.23. The van der Waals surface area contributed by atoms with E-state index in [2.05, 4.69) is 10.3 Å². The molecule has 106 valence electrons. The molecule has 0 spiro atoms. The SMILES string of the molecule is CCOC(=O)c1cccc(NCc2nccn2C)c1N. The zero-order valence-electron chi connectivity index (χ0n) is 11.6. The van der Waals surface area contributed by atoms with Crippen molar-refractivity contribution in [3.05, 3.63) is 42.0 Å². The molecule has 1 heterocycles. The van der Waals surface area contributed by atoms with Gasteiger partial charge in [0.15, 0.2) is 0 Å². The first kappa shape index (κ1) is 13.9. The third kappa shape index (κ3) is 2.90. The van der Waals surface area contributed by atoms with Gasteiger partial charge in [-0.3, -0.25) is 0 Å². The van der Waals surface area contributed by atoms with E-state index < -0.39 is 5.97 Å². The van der Waals surface area contributed by atoms with Gasteiger partial charge >= 0.3 is 5.97 Å². The molecule has 0 saturated heterocycles. The predicted octanol–water partition coefficient (Wildman–Crippen LogP) is 1.79. The Bertz CT molecular complexity index is 607. The number of para-hydroxylation sites is 1. The Morgan fingerprint density at radius 2 is 2.30 bits per heavy atom. The second-order valence-corrected chi connectivity index (χ2v) is 4.30. The topological polar surface area (TPSA) is 82.2 Å². The van der Waals surface area contributed by atoms with Crippen LogP contribution in [0.3, 0.4) is 0 Å². The Labute approximate surface area is 117 Å².